The van der Waals surface area contributed by atoms with Gasteiger partial charge in [0, 0.05) is 17.8 Å². The van der Waals surface area contributed by atoms with Gasteiger partial charge < -0.3 is 4.90 Å². The molecule has 4 nitrogen and oxygen atoms in total. The third kappa shape index (κ3) is 4.19. The second kappa shape index (κ2) is 9.41. The number of carbonyl (C=O) groups excluding carboxylic acids is 2. The second-order valence-corrected chi connectivity index (χ2v) is 8.28. The number of aryl methyl sites for hydroxylation is 1. The number of unbranched alkanes of at least 4 members (excludes halogenated alkanes) is 1. The van der Waals surface area contributed by atoms with Gasteiger partial charge in [-0.15, -0.1) is 0 Å². The van der Waals surface area contributed by atoms with E-state index < -0.39 is 0 Å². The molecule has 0 saturated carbocycles. The van der Waals surface area contributed by atoms with Crippen molar-refractivity contribution in [2.75, 3.05) is 16.8 Å². The van der Waals surface area contributed by atoms with Crippen LogP contribution in [0.15, 0.2) is 84.6 Å². The van der Waals surface area contributed by atoms with E-state index in [-0.39, 0.29) is 11.8 Å². The highest BCUT2D eigenvalue weighted by molar-refractivity contribution is 6.46. The molecule has 5 heteroatoms. The molecule has 1 aliphatic heterocycles. The van der Waals surface area contributed by atoms with Crippen LogP contribution in [-0.4, -0.2) is 18.9 Å². The number of nitrogens with zero attached hydrogens (tertiary/aromatic N) is 2. The number of rotatable bonds is 7. The first kappa shape index (κ1) is 21.8. The summed E-state index contributed by atoms with van der Waals surface area (Å²) in [6.45, 7) is 2.16. The molecule has 2 amide bonds. The molecule has 4 rings (SSSR count). The highest BCUT2D eigenvalue weighted by Crippen LogP contribution is 2.36. The van der Waals surface area contributed by atoms with Crippen molar-refractivity contribution in [3.05, 3.63) is 101 Å². The van der Waals surface area contributed by atoms with Crippen LogP contribution in [-0.2, 0) is 16.0 Å². The van der Waals surface area contributed by atoms with E-state index in [0.29, 0.717) is 27.5 Å². The number of likely N-dealkylation sites (N-methyl/N-ethyl adjacent to an activating group) is 1. The predicted molar refractivity (Wildman–Crippen MR) is 131 cm³/mol. The maximum Gasteiger partial charge on any atom is 0.282 e. The van der Waals surface area contributed by atoms with Gasteiger partial charge in [-0.1, -0.05) is 67.4 Å². The number of anilines is 2. The predicted octanol–water partition coefficient (Wildman–Crippen LogP) is 6.10. The van der Waals surface area contributed by atoms with Gasteiger partial charge in [0.05, 0.1) is 11.3 Å². The van der Waals surface area contributed by atoms with Gasteiger partial charge in [-0.3, -0.25) is 9.59 Å². The average molecular weight is 445 g/mol. The molecular formula is C27H25ClN2O2. The van der Waals surface area contributed by atoms with E-state index in [0.717, 1.165) is 24.9 Å². The molecule has 0 radical (unpaired) electrons. The first-order valence-electron chi connectivity index (χ1n) is 10.8. The lowest BCUT2D eigenvalue weighted by molar-refractivity contribution is -0.120. The summed E-state index contributed by atoms with van der Waals surface area (Å²) in [6.07, 6.45) is 3.21. The summed E-state index contributed by atoms with van der Waals surface area (Å²) in [5.41, 5.74) is 3.97. The molecule has 0 fully saturated rings. The lowest BCUT2D eigenvalue weighted by Gasteiger charge is -2.21. The maximum atomic E-state index is 13.6. The van der Waals surface area contributed by atoms with Gasteiger partial charge in [0.25, 0.3) is 11.8 Å². The summed E-state index contributed by atoms with van der Waals surface area (Å²) in [5.74, 6) is -0.677. The van der Waals surface area contributed by atoms with E-state index in [9.17, 15) is 9.59 Å². The summed E-state index contributed by atoms with van der Waals surface area (Å²) in [5, 5.41) is 0.573. The number of hydrogen-bond donors (Lipinski definition) is 0. The van der Waals surface area contributed by atoms with Crippen molar-refractivity contribution in [1.29, 1.82) is 0 Å². The normalized spacial score (nSPS) is 13.8. The molecule has 0 saturated heterocycles. The zero-order valence-electron chi connectivity index (χ0n) is 18.2. The molecule has 1 aliphatic rings. The highest BCUT2D eigenvalue weighted by Gasteiger charge is 2.42. The maximum absolute atomic E-state index is 13.6. The Kier molecular flexibility index (Phi) is 6.42. The zero-order chi connectivity index (χ0) is 22.7. The molecule has 162 valence electrons. The Morgan fingerprint density at radius 3 is 2.12 bits per heavy atom. The van der Waals surface area contributed by atoms with E-state index in [1.165, 1.54) is 10.5 Å². The summed E-state index contributed by atoms with van der Waals surface area (Å²) in [4.78, 5) is 30.3. The standard InChI is InChI=1S/C27H25ClN2O2/c1-3-4-8-19-11-17-23(18-12-19)30-26(31)24(20-13-15-21(28)16-14-20)25(27(30)32)29(2)22-9-6-5-7-10-22/h5-7,9-18H,3-4,8H2,1-2H3. The number of imide groups is 1. The van der Waals surface area contributed by atoms with Gasteiger partial charge in [0.15, 0.2) is 0 Å². The SMILES string of the molecule is CCCCc1ccc(N2C(=O)C(c3ccc(Cl)cc3)=C(N(C)c3ccccc3)C2=O)cc1. The third-order valence-corrected chi connectivity index (χ3v) is 5.94. The third-order valence-electron chi connectivity index (χ3n) is 5.68. The van der Waals surface area contributed by atoms with Crippen LogP contribution < -0.4 is 9.80 Å². The van der Waals surface area contributed by atoms with Crippen LogP contribution in [0.25, 0.3) is 5.57 Å². The van der Waals surface area contributed by atoms with Gasteiger partial charge in [-0.05, 0) is 60.4 Å². The Morgan fingerprint density at radius 1 is 0.844 bits per heavy atom. The number of amides is 2. The molecule has 0 aromatic heterocycles. The van der Waals surface area contributed by atoms with Crippen LogP contribution >= 0.6 is 11.6 Å². The number of benzene rings is 3. The topological polar surface area (TPSA) is 40.6 Å². The Balaban J connectivity index is 1.77. The van der Waals surface area contributed by atoms with Crippen LogP contribution in [0, 0.1) is 0 Å². The van der Waals surface area contributed by atoms with Crippen molar-refractivity contribution in [2.45, 2.75) is 26.2 Å². The molecular weight excluding hydrogens is 420 g/mol. The van der Waals surface area contributed by atoms with Crippen LogP contribution in [0.4, 0.5) is 11.4 Å². The zero-order valence-corrected chi connectivity index (χ0v) is 19.0. The molecule has 0 unspecified atom stereocenters. The molecule has 1 heterocycles. The molecule has 0 N–H and O–H groups in total. The van der Waals surface area contributed by atoms with Gasteiger partial charge >= 0.3 is 0 Å². The van der Waals surface area contributed by atoms with E-state index in [4.69, 9.17) is 11.6 Å². The van der Waals surface area contributed by atoms with Crippen LogP contribution in [0.5, 0.6) is 0 Å². The monoisotopic (exact) mass is 444 g/mol. The Bertz CT molecular complexity index is 1150. The van der Waals surface area contributed by atoms with Gasteiger partial charge in [-0.2, -0.15) is 0 Å². The van der Waals surface area contributed by atoms with Crippen molar-refractivity contribution in [3.8, 4) is 0 Å². The van der Waals surface area contributed by atoms with Crippen molar-refractivity contribution >= 4 is 40.4 Å². The quantitative estimate of drug-likeness (QED) is 0.413. The minimum absolute atomic E-state index is 0.337. The molecule has 0 spiro atoms. The number of hydrogen-bond acceptors (Lipinski definition) is 3. The van der Waals surface area contributed by atoms with E-state index in [2.05, 4.69) is 6.92 Å². The van der Waals surface area contributed by atoms with E-state index in [1.54, 1.807) is 29.2 Å². The van der Waals surface area contributed by atoms with Crippen LogP contribution in [0.1, 0.15) is 30.9 Å². The van der Waals surface area contributed by atoms with Crippen LogP contribution in [0.3, 0.4) is 0 Å². The minimum atomic E-state index is -0.340. The van der Waals surface area contributed by atoms with E-state index in [1.807, 2.05) is 61.6 Å². The molecule has 0 atom stereocenters. The number of para-hydroxylation sites is 1. The summed E-state index contributed by atoms with van der Waals surface area (Å²) >= 11 is 6.06. The van der Waals surface area contributed by atoms with Crippen molar-refractivity contribution in [3.63, 3.8) is 0 Å². The van der Waals surface area contributed by atoms with Gasteiger partial charge in [-0.25, -0.2) is 4.90 Å². The smallest absolute Gasteiger partial charge is 0.282 e. The number of carbonyl (C=O) groups is 2. The molecule has 3 aromatic carbocycles. The fourth-order valence-corrected chi connectivity index (χ4v) is 4.04. The summed E-state index contributed by atoms with van der Waals surface area (Å²) < 4.78 is 0. The molecule has 0 bridgehead atoms. The van der Waals surface area contributed by atoms with E-state index >= 15 is 0 Å². The summed E-state index contributed by atoms with van der Waals surface area (Å²) in [7, 11) is 1.81. The summed E-state index contributed by atoms with van der Waals surface area (Å²) in [6, 6.07) is 24.3. The highest BCUT2D eigenvalue weighted by atomic mass is 35.5. The first-order valence-corrected chi connectivity index (χ1v) is 11.2. The Morgan fingerprint density at radius 2 is 1.50 bits per heavy atom. The Hall–Kier alpha value is -3.37. The van der Waals surface area contributed by atoms with Crippen molar-refractivity contribution < 1.29 is 9.59 Å². The number of halogens is 1. The Labute approximate surface area is 193 Å². The average Bonchev–Trinajstić information content (AvgIpc) is 3.08. The first-order chi connectivity index (χ1) is 15.5. The molecule has 0 aliphatic carbocycles. The lowest BCUT2D eigenvalue weighted by Crippen LogP contribution is -2.34. The molecule has 3 aromatic rings. The fraction of sp³-hybridized carbons (Fsp3) is 0.185. The second-order valence-electron chi connectivity index (χ2n) is 7.84. The largest absolute Gasteiger partial charge is 0.339 e. The molecule has 32 heavy (non-hydrogen) atoms. The minimum Gasteiger partial charge on any atom is -0.339 e. The van der Waals surface area contributed by atoms with Gasteiger partial charge in [0.1, 0.15) is 5.70 Å². The lowest BCUT2D eigenvalue weighted by atomic mass is 10.0. The van der Waals surface area contributed by atoms with Crippen molar-refractivity contribution in [2.24, 2.45) is 0 Å². The van der Waals surface area contributed by atoms with Crippen molar-refractivity contribution in [1.82, 2.24) is 0 Å². The van der Waals surface area contributed by atoms with Gasteiger partial charge in [0.2, 0.25) is 0 Å². The van der Waals surface area contributed by atoms with Crippen LogP contribution in [0.2, 0.25) is 5.02 Å². The fourth-order valence-electron chi connectivity index (χ4n) is 3.91.